The van der Waals surface area contributed by atoms with Crippen molar-refractivity contribution < 1.29 is 4.74 Å². The first-order chi connectivity index (χ1) is 10.5. The highest BCUT2D eigenvalue weighted by Crippen LogP contribution is 2.12. The topological polar surface area (TPSA) is 48.9 Å². The molecule has 0 bridgehead atoms. The fourth-order valence-electron chi connectivity index (χ4n) is 2.66. The zero-order valence-electron chi connectivity index (χ0n) is 16.2. The maximum absolute atomic E-state index is 5.18. The van der Waals surface area contributed by atoms with Gasteiger partial charge in [-0.15, -0.1) is 24.0 Å². The molecule has 6 heteroatoms. The molecular formula is C17H39IN4O. The molecule has 0 saturated carbocycles. The molecule has 0 radical (unpaired) electrons. The number of halogens is 1. The Kier molecular flexibility index (Phi) is 16.9. The first kappa shape index (κ1) is 25.2. The van der Waals surface area contributed by atoms with E-state index in [2.05, 4.69) is 57.1 Å². The Morgan fingerprint density at radius 1 is 1.13 bits per heavy atom. The fourth-order valence-corrected chi connectivity index (χ4v) is 2.66. The van der Waals surface area contributed by atoms with E-state index in [1.54, 1.807) is 7.11 Å². The normalized spacial score (nSPS) is 14.6. The van der Waals surface area contributed by atoms with Crippen LogP contribution in [0.2, 0.25) is 0 Å². The molecular weight excluding hydrogens is 403 g/mol. The van der Waals surface area contributed by atoms with Crippen LogP contribution in [0.4, 0.5) is 0 Å². The highest BCUT2D eigenvalue weighted by molar-refractivity contribution is 14.0. The van der Waals surface area contributed by atoms with Crippen LogP contribution >= 0.6 is 24.0 Å². The Labute approximate surface area is 161 Å². The van der Waals surface area contributed by atoms with E-state index in [-0.39, 0.29) is 30.0 Å². The number of ether oxygens (including phenoxy) is 1. The minimum Gasteiger partial charge on any atom is -0.383 e. The van der Waals surface area contributed by atoms with Crippen LogP contribution in [-0.2, 0) is 4.74 Å². The number of rotatable bonds is 11. The van der Waals surface area contributed by atoms with Crippen molar-refractivity contribution in [1.82, 2.24) is 15.5 Å². The lowest BCUT2D eigenvalue weighted by molar-refractivity contribution is 0.178. The van der Waals surface area contributed by atoms with Crippen molar-refractivity contribution in [1.29, 1.82) is 0 Å². The zero-order valence-corrected chi connectivity index (χ0v) is 18.5. The number of likely N-dealkylation sites (N-methyl/N-ethyl adjacent to an activating group) is 1. The number of nitrogens with zero attached hydrogens (tertiary/aromatic N) is 2. The highest BCUT2D eigenvalue weighted by atomic mass is 127. The lowest BCUT2D eigenvalue weighted by Crippen LogP contribution is -2.45. The van der Waals surface area contributed by atoms with Crippen molar-refractivity contribution in [2.75, 3.05) is 39.9 Å². The summed E-state index contributed by atoms with van der Waals surface area (Å²) in [5.74, 6) is 1.57. The lowest BCUT2D eigenvalue weighted by atomic mass is 10.0. The van der Waals surface area contributed by atoms with E-state index in [1.165, 1.54) is 6.42 Å². The predicted molar refractivity (Wildman–Crippen MR) is 112 cm³/mol. The zero-order chi connectivity index (χ0) is 17.0. The molecule has 0 aliphatic heterocycles. The Hall–Kier alpha value is -0.0800. The van der Waals surface area contributed by atoms with Gasteiger partial charge in [0.1, 0.15) is 0 Å². The van der Waals surface area contributed by atoms with Crippen molar-refractivity contribution in [3.05, 3.63) is 0 Å². The van der Waals surface area contributed by atoms with Gasteiger partial charge in [-0.3, -0.25) is 9.89 Å². The van der Waals surface area contributed by atoms with Crippen molar-refractivity contribution in [2.45, 2.75) is 60.0 Å². The summed E-state index contributed by atoms with van der Waals surface area (Å²) in [5.41, 5.74) is 0. The summed E-state index contributed by atoms with van der Waals surface area (Å²) in [6.07, 6.45) is 1.18. The quantitative estimate of drug-likeness (QED) is 0.294. The van der Waals surface area contributed by atoms with Gasteiger partial charge in [-0.1, -0.05) is 27.7 Å². The molecule has 2 unspecified atom stereocenters. The summed E-state index contributed by atoms with van der Waals surface area (Å²) >= 11 is 0. The molecule has 5 nitrogen and oxygen atoms in total. The van der Waals surface area contributed by atoms with Gasteiger partial charge in [-0.2, -0.15) is 0 Å². The number of nitrogens with one attached hydrogen (secondary N) is 2. The number of hydrogen-bond acceptors (Lipinski definition) is 3. The molecule has 2 atom stereocenters. The van der Waals surface area contributed by atoms with Gasteiger partial charge in [0.15, 0.2) is 5.96 Å². The molecule has 0 aromatic rings. The minimum atomic E-state index is 0. The molecule has 23 heavy (non-hydrogen) atoms. The maximum Gasteiger partial charge on any atom is 0.191 e. The third kappa shape index (κ3) is 12.0. The highest BCUT2D eigenvalue weighted by Gasteiger charge is 2.17. The first-order valence-electron chi connectivity index (χ1n) is 8.76. The minimum absolute atomic E-state index is 0. The summed E-state index contributed by atoms with van der Waals surface area (Å²) in [6.45, 7) is 17.7. The average molecular weight is 442 g/mol. The molecule has 140 valence electrons. The molecule has 0 saturated heterocycles. The SMILES string of the molecule is CCNC(=NCC(CC(C)C)N(CC)CC)NC(C)COC.I. The standard InChI is InChI=1S/C17H38N4O.HI/c1-8-18-17(20-15(6)13-22-7)19-12-16(11-14(4)5)21(9-2)10-3;/h14-16H,8-13H2,1-7H3,(H2,18,19,20);1H. The van der Waals surface area contributed by atoms with Gasteiger partial charge >= 0.3 is 0 Å². The summed E-state index contributed by atoms with van der Waals surface area (Å²) in [6, 6.07) is 0.753. The second-order valence-corrected chi connectivity index (χ2v) is 6.22. The Morgan fingerprint density at radius 2 is 1.74 bits per heavy atom. The average Bonchev–Trinajstić information content (AvgIpc) is 2.45. The lowest BCUT2D eigenvalue weighted by Gasteiger charge is -2.30. The van der Waals surface area contributed by atoms with Gasteiger partial charge in [-0.05, 0) is 39.3 Å². The second-order valence-electron chi connectivity index (χ2n) is 6.22. The molecule has 2 N–H and O–H groups in total. The van der Waals surface area contributed by atoms with Gasteiger partial charge in [0.2, 0.25) is 0 Å². The number of hydrogen-bond donors (Lipinski definition) is 2. The van der Waals surface area contributed by atoms with Crippen LogP contribution in [0, 0.1) is 5.92 Å². The van der Waals surface area contributed by atoms with Gasteiger partial charge < -0.3 is 15.4 Å². The summed E-state index contributed by atoms with van der Waals surface area (Å²) in [7, 11) is 1.72. The molecule has 0 spiro atoms. The number of guanidine groups is 1. The van der Waals surface area contributed by atoms with E-state index < -0.39 is 0 Å². The fraction of sp³-hybridized carbons (Fsp3) is 0.941. The van der Waals surface area contributed by atoms with Crippen LogP contribution in [0.25, 0.3) is 0 Å². The third-order valence-corrected chi connectivity index (χ3v) is 3.68. The van der Waals surface area contributed by atoms with Crippen molar-refractivity contribution in [2.24, 2.45) is 10.9 Å². The largest absolute Gasteiger partial charge is 0.383 e. The smallest absolute Gasteiger partial charge is 0.191 e. The first-order valence-corrected chi connectivity index (χ1v) is 8.76. The van der Waals surface area contributed by atoms with Crippen LogP contribution in [-0.4, -0.2) is 62.8 Å². The van der Waals surface area contributed by atoms with Gasteiger partial charge in [-0.25, -0.2) is 0 Å². The molecule has 0 aliphatic rings. The van der Waals surface area contributed by atoms with Crippen molar-refractivity contribution in [3.63, 3.8) is 0 Å². The summed E-state index contributed by atoms with van der Waals surface area (Å²) in [4.78, 5) is 7.31. The third-order valence-electron chi connectivity index (χ3n) is 3.68. The molecule has 0 heterocycles. The van der Waals surface area contributed by atoms with Crippen LogP contribution in [0.3, 0.4) is 0 Å². The van der Waals surface area contributed by atoms with Gasteiger partial charge in [0, 0.05) is 25.7 Å². The Balaban J connectivity index is 0. The molecule has 0 aromatic carbocycles. The summed E-state index contributed by atoms with van der Waals surface area (Å²) < 4.78 is 5.18. The van der Waals surface area contributed by atoms with Crippen LogP contribution in [0.5, 0.6) is 0 Å². The van der Waals surface area contributed by atoms with E-state index >= 15 is 0 Å². The van der Waals surface area contributed by atoms with Crippen LogP contribution in [0.1, 0.15) is 48.0 Å². The van der Waals surface area contributed by atoms with Crippen molar-refractivity contribution >= 4 is 29.9 Å². The molecule has 0 aliphatic carbocycles. The van der Waals surface area contributed by atoms with E-state index in [0.29, 0.717) is 18.6 Å². The Morgan fingerprint density at radius 3 is 2.17 bits per heavy atom. The second kappa shape index (κ2) is 15.4. The maximum atomic E-state index is 5.18. The van der Waals surface area contributed by atoms with E-state index in [0.717, 1.165) is 32.1 Å². The van der Waals surface area contributed by atoms with E-state index in [1.807, 2.05) is 0 Å². The van der Waals surface area contributed by atoms with Crippen LogP contribution in [0.15, 0.2) is 4.99 Å². The van der Waals surface area contributed by atoms with Gasteiger partial charge in [0.25, 0.3) is 0 Å². The van der Waals surface area contributed by atoms with E-state index in [9.17, 15) is 0 Å². The monoisotopic (exact) mass is 442 g/mol. The Bertz CT molecular complexity index is 296. The predicted octanol–water partition coefficient (Wildman–Crippen LogP) is 2.95. The van der Waals surface area contributed by atoms with Crippen molar-refractivity contribution in [3.8, 4) is 0 Å². The van der Waals surface area contributed by atoms with Gasteiger partial charge in [0.05, 0.1) is 13.2 Å². The molecule has 0 amide bonds. The summed E-state index contributed by atoms with van der Waals surface area (Å²) in [5, 5.41) is 6.72. The number of aliphatic imine (C=N–C) groups is 1. The van der Waals surface area contributed by atoms with Crippen LogP contribution < -0.4 is 10.6 Å². The molecule has 0 aromatic heterocycles. The van der Waals surface area contributed by atoms with E-state index in [4.69, 9.17) is 9.73 Å². The molecule has 0 rings (SSSR count). The molecule has 0 fully saturated rings. The number of methoxy groups -OCH3 is 1.